The van der Waals surface area contributed by atoms with Crippen LogP contribution in [0.4, 0.5) is 5.82 Å². The lowest BCUT2D eigenvalue weighted by molar-refractivity contribution is 0.0686. The van der Waals surface area contributed by atoms with Crippen LogP contribution in [0.25, 0.3) is 12.2 Å². The molecule has 1 aromatic heterocycles. The van der Waals surface area contributed by atoms with Crippen LogP contribution in [0, 0.1) is 6.92 Å². The number of ether oxygens (including phenoxy) is 1. The van der Waals surface area contributed by atoms with Gasteiger partial charge in [-0.05, 0) is 55.5 Å². The maximum absolute atomic E-state index is 11.4. The fourth-order valence-electron chi connectivity index (χ4n) is 3.19. The van der Waals surface area contributed by atoms with Gasteiger partial charge >= 0.3 is 5.97 Å². The molecule has 5 nitrogen and oxygen atoms in total. The standard InChI is InChI=1S/C23H26N2O3/c1-17-8-7-10-19(22(17)23(26)27)16-28-15-6-5-14-24-21-13-12-18-9-3-2-4-11-20(18)25-21/h3-4,7-13H,2,5-6,14-16H2,1H3,(H,24,25)(H,26,27). The number of carbonyl (C=O) groups is 1. The van der Waals surface area contributed by atoms with E-state index in [1.807, 2.05) is 18.2 Å². The normalized spacial score (nSPS) is 12.5. The van der Waals surface area contributed by atoms with Gasteiger partial charge in [0.2, 0.25) is 0 Å². The molecular formula is C23H26N2O3. The Hall–Kier alpha value is -2.92. The third kappa shape index (κ3) is 5.30. The molecule has 0 spiro atoms. The van der Waals surface area contributed by atoms with Crippen LogP contribution >= 0.6 is 0 Å². The molecule has 0 saturated carbocycles. The van der Waals surface area contributed by atoms with Crippen LogP contribution in [0.3, 0.4) is 0 Å². The first kappa shape index (κ1) is 19.8. The Morgan fingerprint density at radius 1 is 1.18 bits per heavy atom. The van der Waals surface area contributed by atoms with E-state index in [0.29, 0.717) is 18.8 Å². The van der Waals surface area contributed by atoms with Gasteiger partial charge in [-0.3, -0.25) is 0 Å². The number of rotatable bonds is 9. The quantitative estimate of drug-likeness (QED) is 0.606. The lowest BCUT2D eigenvalue weighted by Gasteiger charge is -2.10. The molecule has 0 unspecified atom stereocenters. The summed E-state index contributed by atoms with van der Waals surface area (Å²) in [5.74, 6) is -0.0232. The van der Waals surface area contributed by atoms with E-state index in [1.54, 1.807) is 13.0 Å². The van der Waals surface area contributed by atoms with Crippen molar-refractivity contribution >= 4 is 23.9 Å². The van der Waals surface area contributed by atoms with E-state index < -0.39 is 5.97 Å². The summed E-state index contributed by atoms with van der Waals surface area (Å²) in [6, 6.07) is 9.57. The van der Waals surface area contributed by atoms with Gasteiger partial charge in [0.25, 0.3) is 0 Å². The molecule has 1 heterocycles. The number of pyridine rings is 1. The van der Waals surface area contributed by atoms with E-state index in [0.717, 1.165) is 54.0 Å². The van der Waals surface area contributed by atoms with Crippen LogP contribution in [-0.4, -0.2) is 29.2 Å². The first-order valence-electron chi connectivity index (χ1n) is 9.62. The highest BCUT2D eigenvalue weighted by molar-refractivity contribution is 5.91. The summed E-state index contributed by atoms with van der Waals surface area (Å²) in [5, 5.41) is 12.7. The van der Waals surface area contributed by atoms with E-state index in [2.05, 4.69) is 40.7 Å². The highest BCUT2D eigenvalue weighted by Gasteiger charge is 2.12. The van der Waals surface area contributed by atoms with Gasteiger partial charge in [0, 0.05) is 18.7 Å². The van der Waals surface area contributed by atoms with Gasteiger partial charge in [0.15, 0.2) is 0 Å². The summed E-state index contributed by atoms with van der Waals surface area (Å²) >= 11 is 0. The Balaban J connectivity index is 1.38. The summed E-state index contributed by atoms with van der Waals surface area (Å²) < 4.78 is 5.68. The maximum Gasteiger partial charge on any atom is 0.336 e. The number of nitrogens with one attached hydrogen (secondary N) is 1. The van der Waals surface area contributed by atoms with E-state index in [1.165, 1.54) is 0 Å². The lowest BCUT2D eigenvalue weighted by atomic mass is 10.0. The highest BCUT2D eigenvalue weighted by Crippen LogP contribution is 2.18. The fourth-order valence-corrected chi connectivity index (χ4v) is 3.19. The minimum atomic E-state index is -0.903. The van der Waals surface area contributed by atoms with Gasteiger partial charge in [0.05, 0.1) is 17.9 Å². The zero-order chi connectivity index (χ0) is 19.8. The average Bonchev–Trinajstić information content (AvgIpc) is 2.92. The van der Waals surface area contributed by atoms with Crippen molar-refractivity contribution < 1.29 is 14.6 Å². The van der Waals surface area contributed by atoms with Gasteiger partial charge in [-0.1, -0.05) is 36.4 Å². The molecular weight excluding hydrogens is 352 g/mol. The third-order valence-corrected chi connectivity index (χ3v) is 4.65. The van der Waals surface area contributed by atoms with Crippen LogP contribution in [0.1, 0.15) is 52.0 Å². The van der Waals surface area contributed by atoms with Crippen molar-refractivity contribution in [3.05, 3.63) is 70.4 Å². The van der Waals surface area contributed by atoms with Crippen molar-refractivity contribution in [2.45, 2.75) is 32.8 Å². The van der Waals surface area contributed by atoms with Crippen molar-refractivity contribution in [1.29, 1.82) is 0 Å². The van der Waals surface area contributed by atoms with E-state index in [4.69, 9.17) is 4.74 Å². The first-order chi connectivity index (χ1) is 13.6. The number of fused-ring (bicyclic) bond motifs is 1. The van der Waals surface area contributed by atoms with E-state index in [9.17, 15) is 9.90 Å². The number of nitrogens with zero attached hydrogens (tertiary/aromatic N) is 1. The number of hydrogen-bond acceptors (Lipinski definition) is 4. The van der Waals surface area contributed by atoms with Crippen molar-refractivity contribution in [2.75, 3.05) is 18.5 Å². The minimum absolute atomic E-state index is 0.322. The zero-order valence-electron chi connectivity index (χ0n) is 16.1. The number of hydrogen-bond donors (Lipinski definition) is 2. The molecule has 5 heteroatoms. The number of benzene rings is 1. The number of anilines is 1. The topological polar surface area (TPSA) is 71.5 Å². The Morgan fingerprint density at radius 3 is 2.89 bits per heavy atom. The van der Waals surface area contributed by atoms with Crippen molar-refractivity contribution in [2.24, 2.45) is 0 Å². The molecule has 0 radical (unpaired) electrons. The highest BCUT2D eigenvalue weighted by atomic mass is 16.5. The predicted octanol–water partition coefficient (Wildman–Crippen LogP) is 4.93. The second kappa shape index (κ2) is 9.85. The maximum atomic E-state index is 11.4. The van der Waals surface area contributed by atoms with Crippen LogP contribution in [0.5, 0.6) is 0 Å². The molecule has 3 rings (SSSR count). The summed E-state index contributed by atoms with van der Waals surface area (Å²) in [5.41, 5.74) is 3.97. The number of aromatic carboxylic acids is 1. The summed E-state index contributed by atoms with van der Waals surface area (Å²) in [6.45, 7) is 3.55. The number of carboxylic acids is 1. The van der Waals surface area contributed by atoms with E-state index in [-0.39, 0.29) is 0 Å². The number of allylic oxidation sites excluding steroid dienone is 2. The van der Waals surface area contributed by atoms with Crippen molar-refractivity contribution in [3.8, 4) is 0 Å². The van der Waals surface area contributed by atoms with Crippen LogP contribution in [-0.2, 0) is 11.3 Å². The van der Waals surface area contributed by atoms with Gasteiger partial charge in [-0.15, -0.1) is 0 Å². The van der Waals surface area contributed by atoms with Crippen molar-refractivity contribution in [3.63, 3.8) is 0 Å². The van der Waals surface area contributed by atoms with E-state index >= 15 is 0 Å². The van der Waals surface area contributed by atoms with Gasteiger partial charge in [0.1, 0.15) is 5.82 Å². The SMILES string of the molecule is Cc1cccc(COCCCCNc2ccc3c(n2)C=CCC=C3)c1C(=O)O. The molecule has 0 saturated heterocycles. The number of aromatic nitrogens is 1. The number of aryl methyl sites for hydroxylation is 1. The number of unbranched alkanes of at least 4 members (excludes halogenated alkanes) is 1. The van der Waals surface area contributed by atoms with Gasteiger partial charge in [-0.2, -0.15) is 0 Å². The molecule has 2 N–H and O–H groups in total. The molecule has 1 aliphatic carbocycles. The van der Waals surface area contributed by atoms with Gasteiger partial charge < -0.3 is 15.2 Å². The Morgan fingerprint density at radius 2 is 2.04 bits per heavy atom. The molecule has 2 aromatic rings. The first-order valence-corrected chi connectivity index (χ1v) is 9.62. The molecule has 0 aliphatic heterocycles. The Bertz CT molecular complexity index is 887. The van der Waals surface area contributed by atoms with Gasteiger partial charge in [-0.25, -0.2) is 9.78 Å². The second-order valence-corrected chi connectivity index (χ2v) is 6.81. The lowest BCUT2D eigenvalue weighted by Crippen LogP contribution is -2.08. The van der Waals surface area contributed by atoms with Crippen LogP contribution in [0.15, 0.2) is 42.5 Å². The molecule has 0 fully saturated rings. The Kier molecular flexibility index (Phi) is 6.98. The molecule has 0 bridgehead atoms. The largest absolute Gasteiger partial charge is 0.478 e. The summed E-state index contributed by atoms with van der Waals surface area (Å²) in [6.07, 6.45) is 11.2. The summed E-state index contributed by atoms with van der Waals surface area (Å²) in [7, 11) is 0. The molecule has 146 valence electrons. The fraction of sp³-hybridized carbons (Fsp3) is 0.304. The minimum Gasteiger partial charge on any atom is -0.478 e. The van der Waals surface area contributed by atoms with Crippen LogP contribution < -0.4 is 5.32 Å². The second-order valence-electron chi connectivity index (χ2n) is 6.81. The zero-order valence-corrected chi connectivity index (χ0v) is 16.1. The molecule has 28 heavy (non-hydrogen) atoms. The molecule has 1 aliphatic rings. The smallest absolute Gasteiger partial charge is 0.336 e. The van der Waals surface area contributed by atoms with Crippen molar-refractivity contribution in [1.82, 2.24) is 4.98 Å². The Labute approximate surface area is 165 Å². The molecule has 0 amide bonds. The summed E-state index contributed by atoms with van der Waals surface area (Å²) in [4.78, 5) is 16.0. The van der Waals surface area contributed by atoms with Crippen LogP contribution in [0.2, 0.25) is 0 Å². The molecule has 1 aromatic carbocycles. The number of carboxylic acid groups (broad SMARTS) is 1. The predicted molar refractivity (Wildman–Crippen MR) is 112 cm³/mol. The molecule has 0 atom stereocenters. The third-order valence-electron chi connectivity index (χ3n) is 4.65. The average molecular weight is 378 g/mol. The monoisotopic (exact) mass is 378 g/mol.